The lowest BCUT2D eigenvalue weighted by Crippen LogP contribution is -2.32. The quantitative estimate of drug-likeness (QED) is 0.801. The number of rotatable bonds is 5. The first-order valence-electron chi connectivity index (χ1n) is 7.63. The molecule has 2 aromatic rings. The number of alkyl carbamates (subject to hydrolysis) is 1. The maximum atomic E-state index is 11.7. The van der Waals surface area contributed by atoms with E-state index in [-0.39, 0.29) is 0 Å². The van der Waals surface area contributed by atoms with E-state index in [9.17, 15) is 4.79 Å². The maximum absolute atomic E-state index is 11.7. The molecule has 1 aromatic carbocycles. The van der Waals surface area contributed by atoms with E-state index in [0.717, 1.165) is 21.7 Å². The highest BCUT2D eigenvalue weighted by Crippen LogP contribution is 2.20. The molecule has 0 aliphatic rings. The number of hydrogen-bond acceptors (Lipinski definition) is 5. The molecule has 0 radical (unpaired) electrons. The topological polar surface area (TPSA) is 63.2 Å². The van der Waals surface area contributed by atoms with Crippen LogP contribution in [0.4, 0.5) is 10.5 Å². The number of aromatic nitrogens is 1. The van der Waals surface area contributed by atoms with E-state index in [1.165, 1.54) is 11.3 Å². The van der Waals surface area contributed by atoms with Crippen molar-refractivity contribution in [3.63, 3.8) is 0 Å². The normalized spacial score (nSPS) is 11.2. The number of benzene rings is 1. The zero-order valence-corrected chi connectivity index (χ0v) is 15.8. The summed E-state index contributed by atoms with van der Waals surface area (Å²) in [6, 6.07) is 6.10. The first kappa shape index (κ1) is 18.5. The highest BCUT2D eigenvalue weighted by Gasteiger charge is 2.15. The number of carbonyl (C=O) groups excluding carboxylic acids is 1. The Balaban J connectivity index is 1.94. The SMILES string of the molecule is Cc1cc(CNC(=O)OC(C)(C)C)cc(NCc2cnc(Cl)s2)c1. The number of halogens is 1. The summed E-state index contributed by atoms with van der Waals surface area (Å²) >= 11 is 7.29. The number of thiazole rings is 1. The number of amides is 1. The van der Waals surface area contributed by atoms with Gasteiger partial charge >= 0.3 is 6.09 Å². The van der Waals surface area contributed by atoms with Crippen molar-refractivity contribution in [2.24, 2.45) is 0 Å². The van der Waals surface area contributed by atoms with Gasteiger partial charge in [0, 0.05) is 23.3 Å². The largest absolute Gasteiger partial charge is 0.444 e. The first-order chi connectivity index (χ1) is 11.2. The molecule has 0 saturated heterocycles. The Hall–Kier alpha value is -1.79. The predicted molar refractivity (Wildman–Crippen MR) is 98.7 cm³/mol. The van der Waals surface area contributed by atoms with Crippen LogP contribution in [0.1, 0.15) is 36.8 Å². The molecule has 0 aliphatic carbocycles. The molecule has 0 fully saturated rings. The summed E-state index contributed by atoms with van der Waals surface area (Å²) in [6.45, 7) is 8.61. The minimum atomic E-state index is -0.501. The molecule has 0 atom stereocenters. The van der Waals surface area contributed by atoms with Crippen LogP contribution in [0, 0.1) is 6.92 Å². The van der Waals surface area contributed by atoms with Gasteiger partial charge in [0.25, 0.3) is 0 Å². The van der Waals surface area contributed by atoms with Crippen molar-refractivity contribution >= 4 is 34.7 Å². The molecule has 5 nitrogen and oxygen atoms in total. The molecule has 1 heterocycles. The van der Waals surface area contributed by atoms with Crippen LogP contribution in [0.15, 0.2) is 24.4 Å². The molecule has 1 amide bonds. The molecule has 2 N–H and O–H groups in total. The van der Waals surface area contributed by atoms with Crippen LogP contribution in [0.3, 0.4) is 0 Å². The second kappa shape index (κ2) is 7.85. The van der Waals surface area contributed by atoms with Crippen LogP contribution in [-0.2, 0) is 17.8 Å². The molecule has 130 valence electrons. The lowest BCUT2D eigenvalue weighted by Gasteiger charge is -2.19. The van der Waals surface area contributed by atoms with Crippen LogP contribution in [0.5, 0.6) is 0 Å². The Morgan fingerprint density at radius 2 is 2.04 bits per heavy atom. The van der Waals surface area contributed by atoms with Gasteiger partial charge in [-0.25, -0.2) is 9.78 Å². The van der Waals surface area contributed by atoms with E-state index >= 15 is 0 Å². The third kappa shape index (κ3) is 6.37. The zero-order chi connectivity index (χ0) is 17.7. The van der Waals surface area contributed by atoms with Crippen LogP contribution >= 0.6 is 22.9 Å². The maximum Gasteiger partial charge on any atom is 0.407 e. The number of anilines is 1. The summed E-state index contributed by atoms with van der Waals surface area (Å²) in [7, 11) is 0. The fourth-order valence-electron chi connectivity index (χ4n) is 2.11. The summed E-state index contributed by atoms with van der Waals surface area (Å²) in [6.07, 6.45) is 1.35. The number of ether oxygens (including phenoxy) is 1. The summed E-state index contributed by atoms with van der Waals surface area (Å²) in [5, 5.41) is 6.12. The highest BCUT2D eigenvalue weighted by atomic mass is 35.5. The van der Waals surface area contributed by atoms with Gasteiger partial charge in [0.2, 0.25) is 0 Å². The van der Waals surface area contributed by atoms with E-state index in [1.807, 2.05) is 39.8 Å². The molecule has 2 rings (SSSR count). The number of carbonyl (C=O) groups is 1. The van der Waals surface area contributed by atoms with Gasteiger partial charge in [-0.05, 0) is 51.0 Å². The fraction of sp³-hybridized carbons (Fsp3) is 0.412. The average molecular weight is 368 g/mol. The molecular formula is C17H22ClN3O2S. The van der Waals surface area contributed by atoms with Crippen LogP contribution in [0.25, 0.3) is 0 Å². The highest BCUT2D eigenvalue weighted by molar-refractivity contribution is 7.15. The van der Waals surface area contributed by atoms with Crippen molar-refractivity contribution in [2.75, 3.05) is 5.32 Å². The monoisotopic (exact) mass is 367 g/mol. The number of hydrogen-bond donors (Lipinski definition) is 2. The lowest BCUT2D eigenvalue weighted by molar-refractivity contribution is 0.0523. The van der Waals surface area contributed by atoms with Crippen LogP contribution in [0.2, 0.25) is 4.47 Å². The second-order valence-electron chi connectivity index (χ2n) is 6.50. The standard InChI is InChI=1S/C17H22ClN3O2S/c1-11-5-12(8-21-16(22)23-17(2,3)4)7-13(6-11)19-9-14-10-20-15(18)24-14/h5-7,10,19H,8-9H2,1-4H3,(H,21,22). The van der Waals surface area contributed by atoms with E-state index < -0.39 is 11.7 Å². The van der Waals surface area contributed by atoms with Crippen molar-refractivity contribution in [3.8, 4) is 0 Å². The van der Waals surface area contributed by atoms with E-state index in [0.29, 0.717) is 17.6 Å². The second-order valence-corrected chi connectivity index (χ2v) is 8.19. The van der Waals surface area contributed by atoms with Crippen molar-refractivity contribution in [1.82, 2.24) is 10.3 Å². The molecule has 0 unspecified atom stereocenters. The third-order valence-electron chi connectivity index (χ3n) is 2.96. The Bertz CT molecular complexity index is 710. The average Bonchev–Trinajstić information content (AvgIpc) is 2.86. The molecule has 0 spiro atoms. The Kier molecular flexibility index (Phi) is 6.07. The van der Waals surface area contributed by atoms with E-state index in [1.54, 1.807) is 6.20 Å². The molecule has 7 heteroatoms. The minimum absolute atomic E-state index is 0.414. The van der Waals surface area contributed by atoms with Gasteiger partial charge in [0.1, 0.15) is 5.60 Å². The smallest absolute Gasteiger partial charge is 0.407 e. The molecule has 0 bridgehead atoms. The molecular weight excluding hydrogens is 346 g/mol. The van der Waals surface area contributed by atoms with Gasteiger partial charge in [0.05, 0.1) is 6.54 Å². The first-order valence-corrected chi connectivity index (χ1v) is 8.82. The Morgan fingerprint density at radius 3 is 2.67 bits per heavy atom. The molecule has 0 saturated carbocycles. The van der Waals surface area contributed by atoms with Crippen LogP contribution in [-0.4, -0.2) is 16.7 Å². The van der Waals surface area contributed by atoms with Gasteiger partial charge in [-0.3, -0.25) is 0 Å². The van der Waals surface area contributed by atoms with Gasteiger partial charge in [-0.2, -0.15) is 0 Å². The summed E-state index contributed by atoms with van der Waals surface area (Å²) < 4.78 is 5.78. The lowest BCUT2D eigenvalue weighted by atomic mass is 10.1. The van der Waals surface area contributed by atoms with Gasteiger partial charge in [-0.1, -0.05) is 17.7 Å². The van der Waals surface area contributed by atoms with E-state index in [2.05, 4.69) is 21.7 Å². The molecule has 24 heavy (non-hydrogen) atoms. The van der Waals surface area contributed by atoms with Gasteiger partial charge < -0.3 is 15.4 Å². The number of nitrogens with one attached hydrogen (secondary N) is 2. The zero-order valence-electron chi connectivity index (χ0n) is 14.3. The fourth-order valence-corrected chi connectivity index (χ4v) is 3.03. The minimum Gasteiger partial charge on any atom is -0.444 e. The Labute approximate surface area is 151 Å². The third-order valence-corrected chi connectivity index (χ3v) is 4.08. The van der Waals surface area contributed by atoms with Crippen molar-refractivity contribution in [1.29, 1.82) is 0 Å². The Morgan fingerprint density at radius 1 is 1.29 bits per heavy atom. The van der Waals surface area contributed by atoms with E-state index in [4.69, 9.17) is 16.3 Å². The van der Waals surface area contributed by atoms with Crippen molar-refractivity contribution in [3.05, 3.63) is 44.9 Å². The molecule has 1 aromatic heterocycles. The number of nitrogens with zero attached hydrogens (tertiary/aromatic N) is 1. The van der Waals surface area contributed by atoms with Gasteiger partial charge in [-0.15, -0.1) is 11.3 Å². The van der Waals surface area contributed by atoms with Crippen molar-refractivity contribution < 1.29 is 9.53 Å². The number of aryl methyl sites for hydroxylation is 1. The van der Waals surface area contributed by atoms with Crippen LogP contribution < -0.4 is 10.6 Å². The summed E-state index contributed by atoms with van der Waals surface area (Å²) in [5.41, 5.74) is 2.61. The summed E-state index contributed by atoms with van der Waals surface area (Å²) in [5.74, 6) is 0. The summed E-state index contributed by atoms with van der Waals surface area (Å²) in [4.78, 5) is 16.8. The molecule has 0 aliphatic heterocycles. The van der Waals surface area contributed by atoms with Crippen molar-refractivity contribution in [2.45, 2.75) is 46.4 Å². The predicted octanol–water partition coefficient (Wildman–Crippen LogP) is 4.74. The van der Waals surface area contributed by atoms with Gasteiger partial charge in [0.15, 0.2) is 4.47 Å².